The van der Waals surface area contributed by atoms with E-state index in [9.17, 15) is 9.90 Å². The van der Waals surface area contributed by atoms with Crippen molar-refractivity contribution in [3.8, 4) is 0 Å². The van der Waals surface area contributed by atoms with Gasteiger partial charge in [0, 0.05) is 10.8 Å². The van der Waals surface area contributed by atoms with Crippen LogP contribution >= 0.6 is 0 Å². The van der Waals surface area contributed by atoms with Crippen molar-refractivity contribution in [2.45, 2.75) is 109 Å². The van der Waals surface area contributed by atoms with Crippen molar-refractivity contribution in [1.82, 2.24) is 0 Å². The van der Waals surface area contributed by atoms with Gasteiger partial charge in [0.05, 0.1) is 14.4 Å². The van der Waals surface area contributed by atoms with Crippen LogP contribution in [0.2, 0.25) is 25.2 Å². The predicted molar refractivity (Wildman–Crippen MR) is 131 cm³/mol. The second-order valence-corrected chi connectivity index (χ2v) is 15.9. The fraction of sp³-hybridized carbons (Fsp3) is 0.708. The van der Waals surface area contributed by atoms with E-state index in [4.69, 9.17) is 9.16 Å². The van der Waals surface area contributed by atoms with Gasteiger partial charge in [-0.15, -0.1) is 0 Å². The quantitative estimate of drug-likeness (QED) is 0.351. The number of ether oxygens (including phenoxy) is 1. The molecule has 1 aromatic carbocycles. The molecule has 0 radical (unpaired) electrons. The van der Waals surface area contributed by atoms with Gasteiger partial charge in [0.25, 0.3) is 0 Å². The Bertz CT molecular complexity index is 642. The minimum Gasteiger partial charge on any atom is -0.463 e. The van der Waals surface area contributed by atoms with Crippen molar-refractivity contribution < 1.29 is 19.1 Å². The van der Waals surface area contributed by atoms with Crippen LogP contribution < -0.4 is 0 Å². The minimum absolute atomic E-state index is 0.214. The van der Waals surface area contributed by atoms with Crippen LogP contribution in [0.25, 0.3) is 0 Å². The first-order valence-corrected chi connectivity index (χ1v) is 17.1. The van der Waals surface area contributed by atoms with Crippen LogP contribution in [0.15, 0.2) is 30.3 Å². The highest BCUT2D eigenvalue weighted by Crippen LogP contribution is 2.45. The summed E-state index contributed by atoms with van der Waals surface area (Å²) in [5.74, 6) is 0. The number of hydrogen-bond acceptors (Lipinski definition) is 4. The summed E-state index contributed by atoms with van der Waals surface area (Å²) in [5, 5.41) is 11.2. The van der Waals surface area contributed by atoms with Crippen LogP contribution in [0.1, 0.15) is 72.3 Å². The van der Waals surface area contributed by atoms with Gasteiger partial charge in [-0.25, -0.2) is 0 Å². The smallest absolute Gasteiger partial charge is 0.321 e. The maximum Gasteiger partial charge on any atom is 0.321 e. The molecule has 6 heteroatoms. The number of rotatable bonds is 13. The molecule has 0 aliphatic rings. The Kier molecular flexibility index (Phi) is 10.5. The summed E-state index contributed by atoms with van der Waals surface area (Å²) in [7, 11) is -4.37. The molecule has 0 fully saturated rings. The summed E-state index contributed by atoms with van der Waals surface area (Å²) < 4.78 is 12.9. The molecule has 1 aromatic rings. The van der Waals surface area contributed by atoms with E-state index in [0.29, 0.717) is 19.3 Å². The minimum atomic E-state index is -3.13. The fourth-order valence-electron chi connectivity index (χ4n) is 4.90. The fourth-order valence-corrected chi connectivity index (χ4v) is 12.4. The van der Waals surface area contributed by atoms with Crippen molar-refractivity contribution in [2.24, 2.45) is 0 Å². The summed E-state index contributed by atoms with van der Waals surface area (Å²) in [5.41, 5.74) is -0.410. The largest absolute Gasteiger partial charge is 0.463 e. The van der Waals surface area contributed by atoms with E-state index in [1.807, 2.05) is 50.7 Å². The Labute approximate surface area is 187 Å². The van der Waals surface area contributed by atoms with Gasteiger partial charge in [0.15, 0.2) is 0 Å². The second-order valence-electron chi connectivity index (χ2n) is 8.97. The summed E-state index contributed by atoms with van der Waals surface area (Å²) in [6.07, 6.45) is 3.67. The molecule has 1 N–H and O–H groups in total. The molecule has 0 aromatic heterocycles. The van der Waals surface area contributed by atoms with E-state index in [-0.39, 0.29) is 23.0 Å². The molecular formula is C24H44O4Si2. The normalized spacial score (nSPS) is 15.7. The Morgan fingerprint density at radius 3 is 1.97 bits per heavy atom. The molecule has 0 heterocycles. The van der Waals surface area contributed by atoms with E-state index in [2.05, 4.69) is 33.9 Å². The third kappa shape index (κ3) is 5.84. The zero-order valence-corrected chi connectivity index (χ0v) is 22.6. The number of benzene rings is 1. The highest BCUT2D eigenvalue weighted by molar-refractivity contribution is 7.01. The molecule has 0 bridgehead atoms. The van der Waals surface area contributed by atoms with Gasteiger partial charge in [0.1, 0.15) is 6.61 Å². The van der Waals surface area contributed by atoms with Crippen LogP contribution in [0, 0.1) is 0 Å². The van der Waals surface area contributed by atoms with Crippen LogP contribution in [0.3, 0.4) is 0 Å². The van der Waals surface area contributed by atoms with Crippen molar-refractivity contribution in [3.63, 3.8) is 0 Å². The first-order chi connectivity index (χ1) is 14.1. The molecule has 2 atom stereocenters. The molecule has 30 heavy (non-hydrogen) atoms. The zero-order valence-electron chi connectivity index (χ0n) is 20.5. The molecule has 0 aliphatic heterocycles. The summed E-state index contributed by atoms with van der Waals surface area (Å²) in [6.45, 7) is 17.2. The van der Waals surface area contributed by atoms with Gasteiger partial charge in [-0.1, -0.05) is 84.5 Å². The number of hydrogen-bond donors (Lipinski definition) is 1. The van der Waals surface area contributed by atoms with Gasteiger partial charge in [-0.05, 0) is 37.8 Å². The number of carbonyl (C=O) groups excluding carboxylic acids is 1. The van der Waals surface area contributed by atoms with Crippen molar-refractivity contribution >= 4 is 22.7 Å². The molecule has 2 unspecified atom stereocenters. The number of carbonyl (C=O) groups is 1. The SMILES string of the molecule is CCC(C(O)(CC)CC)[Si](C)(OC(CC)(CC)[SiH](C)C)C(=O)OCc1ccccc1. The van der Waals surface area contributed by atoms with Crippen molar-refractivity contribution in [3.05, 3.63) is 35.9 Å². The Balaban J connectivity index is 3.39. The second kappa shape index (κ2) is 11.6. The average Bonchev–Trinajstić information content (AvgIpc) is 2.76. The molecule has 4 nitrogen and oxygen atoms in total. The average molecular weight is 453 g/mol. The Hall–Kier alpha value is -0.956. The highest BCUT2D eigenvalue weighted by Gasteiger charge is 2.58. The summed E-state index contributed by atoms with van der Waals surface area (Å²) in [4.78, 5) is 13.7. The van der Waals surface area contributed by atoms with Crippen LogP contribution in [0.5, 0.6) is 0 Å². The van der Waals surface area contributed by atoms with Gasteiger partial charge in [0.2, 0.25) is 0 Å². The van der Waals surface area contributed by atoms with Crippen LogP contribution in [-0.2, 0) is 15.8 Å². The summed E-state index contributed by atoms with van der Waals surface area (Å²) >= 11 is 0. The third-order valence-electron chi connectivity index (χ3n) is 7.23. The van der Waals surface area contributed by atoms with Gasteiger partial charge >= 0.3 is 13.9 Å². The molecule has 172 valence electrons. The summed E-state index contributed by atoms with van der Waals surface area (Å²) in [6, 6.07) is 9.76. The van der Waals surface area contributed by atoms with Crippen LogP contribution in [0.4, 0.5) is 4.79 Å². The Morgan fingerprint density at radius 2 is 1.57 bits per heavy atom. The molecule has 0 saturated heterocycles. The van der Waals surface area contributed by atoms with Crippen molar-refractivity contribution in [2.75, 3.05) is 0 Å². The topological polar surface area (TPSA) is 55.8 Å². The van der Waals surface area contributed by atoms with E-state index >= 15 is 0 Å². The molecule has 0 aliphatic carbocycles. The predicted octanol–water partition coefficient (Wildman–Crippen LogP) is 6.41. The van der Waals surface area contributed by atoms with Crippen LogP contribution in [-0.4, -0.2) is 38.6 Å². The van der Waals surface area contributed by atoms with E-state index in [1.165, 1.54) is 0 Å². The van der Waals surface area contributed by atoms with Gasteiger partial charge in [-0.3, -0.25) is 4.79 Å². The molecule has 0 spiro atoms. The molecule has 1 rings (SSSR count). The van der Waals surface area contributed by atoms with Crippen molar-refractivity contribution in [1.29, 1.82) is 0 Å². The molecule has 0 amide bonds. The number of aliphatic hydroxyl groups is 1. The van der Waals surface area contributed by atoms with E-state index in [0.717, 1.165) is 18.4 Å². The standard InChI is InChI=1S/C24H44O4Si2/c1-9-21(23(26,10-2)11-3)30(8,28-24(12-4,13-5)29(6)7)22(25)27-19-20-17-15-14-16-18-20/h14-18,21,26,29H,9-13,19H2,1-8H3. The lowest BCUT2D eigenvalue weighted by Crippen LogP contribution is -2.62. The lowest BCUT2D eigenvalue weighted by Gasteiger charge is -2.48. The highest BCUT2D eigenvalue weighted by atomic mass is 28.4. The maximum absolute atomic E-state index is 13.7. The lowest BCUT2D eigenvalue weighted by molar-refractivity contribution is 0.00773. The first kappa shape index (κ1) is 27.1. The van der Waals surface area contributed by atoms with E-state index < -0.39 is 22.7 Å². The maximum atomic E-state index is 13.7. The van der Waals surface area contributed by atoms with Gasteiger partial charge in [-0.2, -0.15) is 0 Å². The molecular weight excluding hydrogens is 408 g/mol. The monoisotopic (exact) mass is 452 g/mol. The lowest BCUT2D eigenvalue weighted by atomic mass is 9.91. The third-order valence-corrected chi connectivity index (χ3v) is 14.6. The van der Waals surface area contributed by atoms with Gasteiger partial charge < -0.3 is 14.3 Å². The zero-order chi connectivity index (χ0) is 23.0. The first-order valence-electron chi connectivity index (χ1n) is 11.7. The Morgan fingerprint density at radius 1 is 1.03 bits per heavy atom. The van der Waals surface area contributed by atoms with E-state index in [1.54, 1.807) is 0 Å². The molecule has 0 saturated carbocycles.